The van der Waals surface area contributed by atoms with Crippen LogP contribution in [0, 0.1) is 18.8 Å². The number of ether oxygens (including phenoxy) is 1. The Bertz CT molecular complexity index is 3120. The number of rotatable bonds is 6. The largest absolute Gasteiger partial charge is 0.509 e. The van der Waals surface area contributed by atoms with E-state index in [9.17, 15) is 0 Å². The Balaban J connectivity index is 0.00000518. The molecule has 0 spiro atoms. The number of hydrogen-bond acceptors (Lipinski definition) is 2. The van der Waals surface area contributed by atoms with Crippen molar-refractivity contribution in [3.8, 4) is 28.4 Å². The third-order valence-electron chi connectivity index (χ3n) is 13.3. The molecule has 0 bridgehead atoms. The van der Waals surface area contributed by atoms with Crippen molar-refractivity contribution in [2.75, 3.05) is 0 Å². The van der Waals surface area contributed by atoms with E-state index >= 15 is 0 Å². The summed E-state index contributed by atoms with van der Waals surface area (Å²) in [4.78, 5) is 4.96. The molecule has 0 radical (unpaired) electrons. The van der Waals surface area contributed by atoms with Crippen LogP contribution in [0.4, 0.5) is 22.7 Å². The summed E-state index contributed by atoms with van der Waals surface area (Å²) < 4.78 is 10.3. The van der Waals surface area contributed by atoms with E-state index in [-0.39, 0.29) is 42.7 Å². The Morgan fingerprint density at radius 3 is 1.84 bits per heavy atom. The van der Waals surface area contributed by atoms with Crippen LogP contribution in [0.2, 0.25) is 0 Å². The Labute approximate surface area is 394 Å². The quantitative estimate of drug-likeness (QED) is 0.0943. The second kappa shape index (κ2) is 14.9. The van der Waals surface area contributed by atoms with Gasteiger partial charge in [-0.05, 0) is 67.5 Å². The molecular formula is C58H59N4OPt-. The summed E-state index contributed by atoms with van der Waals surface area (Å²) in [5, 5.41) is 2.29. The average Bonchev–Trinajstić information content (AvgIpc) is 3.72. The fourth-order valence-corrected chi connectivity index (χ4v) is 9.77. The van der Waals surface area contributed by atoms with Gasteiger partial charge in [-0.3, -0.25) is 0 Å². The van der Waals surface area contributed by atoms with Crippen molar-refractivity contribution in [2.45, 2.75) is 105 Å². The van der Waals surface area contributed by atoms with Crippen molar-refractivity contribution >= 4 is 44.6 Å². The second-order valence-corrected chi connectivity index (χ2v) is 21.8. The second-order valence-electron chi connectivity index (χ2n) is 21.8. The Kier molecular flexibility index (Phi) is 10.2. The maximum absolute atomic E-state index is 7.00. The molecule has 1 unspecified atom stereocenters. The van der Waals surface area contributed by atoms with Crippen LogP contribution in [-0.2, 0) is 42.7 Å². The first-order chi connectivity index (χ1) is 29.7. The van der Waals surface area contributed by atoms with Crippen LogP contribution in [0.3, 0.4) is 0 Å². The predicted octanol–water partition coefficient (Wildman–Crippen LogP) is 15.8. The van der Waals surface area contributed by atoms with Gasteiger partial charge in [-0.15, -0.1) is 35.2 Å². The van der Waals surface area contributed by atoms with Crippen LogP contribution in [0.15, 0.2) is 134 Å². The van der Waals surface area contributed by atoms with Crippen LogP contribution >= 0.6 is 0 Å². The maximum atomic E-state index is 7.00. The molecule has 0 saturated carbocycles. The molecule has 2 aliphatic heterocycles. The SMILES string of the molecule is CC(C)(C)c1cc(Oc2[c-]c3c(cc2)c2cc(C(C)(C)C)ccc2n3-c2cc(C(C)(C)C)ccn2)[c-]c([N+]23[CH-][N@+]2(c2cccc(C(C)(C)C)c2-c2ccccc2)c2ccccc23)c1.[Pt]. The smallest absolute Gasteiger partial charge is 0.225 e. The van der Waals surface area contributed by atoms with Gasteiger partial charge in [-0.2, -0.15) is 10.7 Å². The zero-order chi connectivity index (χ0) is 44.5. The molecular weight excluding hydrogens is 964 g/mol. The summed E-state index contributed by atoms with van der Waals surface area (Å²) in [7, 11) is 0. The molecule has 64 heavy (non-hydrogen) atoms. The molecule has 6 heteroatoms. The van der Waals surface area contributed by atoms with Crippen molar-refractivity contribution in [3.63, 3.8) is 0 Å². The van der Waals surface area contributed by atoms with Crippen LogP contribution in [0.25, 0.3) is 38.8 Å². The standard InChI is InChI=1S/C58H59N4O.Pt/c1-55(2,3)39-25-28-48-46(33-39)45-27-26-43(36-49(45)60(48)53-34-40(29-30-59-53)56(4,5)6)63-44-32-41(57(7,8)9)31-42(35-44)61-37-62(61,51-23-17-16-22-50(51)61)52-24-18-21-47(58(10,11)12)54(52)38-19-14-13-15-20-38;/h13-34,37H,1-12H3;/q-1;/t61?,62-;/m1./s1. The predicted molar refractivity (Wildman–Crippen MR) is 263 cm³/mol. The number of nitrogens with zero attached hydrogens (tertiary/aromatic N) is 4. The summed E-state index contributed by atoms with van der Waals surface area (Å²) in [6, 6.07) is 54.2. The first-order valence-corrected chi connectivity index (χ1v) is 22.4. The van der Waals surface area contributed by atoms with Gasteiger partial charge in [-0.25, -0.2) is 9.58 Å². The minimum Gasteiger partial charge on any atom is -0.509 e. The number of benzene rings is 6. The van der Waals surface area contributed by atoms with E-state index in [0.717, 1.165) is 27.9 Å². The van der Waals surface area contributed by atoms with Crippen LogP contribution < -0.4 is 13.9 Å². The van der Waals surface area contributed by atoms with Crippen molar-refractivity contribution in [1.29, 1.82) is 0 Å². The summed E-state index contributed by atoms with van der Waals surface area (Å²) in [6.07, 6.45) is 1.93. The fourth-order valence-electron chi connectivity index (χ4n) is 9.77. The van der Waals surface area contributed by atoms with Crippen LogP contribution in [0.5, 0.6) is 11.5 Å². The number of hydrogen-bond donors (Lipinski definition) is 0. The number of quaternary nitrogens is 2. The third-order valence-corrected chi connectivity index (χ3v) is 13.3. The molecule has 10 rings (SSSR count). The van der Waals surface area contributed by atoms with Crippen molar-refractivity contribution in [1.82, 2.24) is 18.7 Å². The number of fused-ring (bicyclic) bond motifs is 7. The van der Waals surface area contributed by atoms with Gasteiger partial charge in [-0.1, -0.05) is 161 Å². The fraction of sp³-hybridized carbons (Fsp3) is 0.276. The van der Waals surface area contributed by atoms with Gasteiger partial charge in [0, 0.05) is 68.0 Å². The molecule has 5 nitrogen and oxygen atoms in total. The topological polar surface area (TPSA) is 27.1 Å². The van der Waals surface area contributed by atoms with Gasteiger partial charge in [0.25, 0.3) is 0 Å². The van der Waals surface area contributed by atoms with E-state index in [2.05, 4.69) is 234 Å². The van der Waals surface area contributed by atoms with E-state index in [4.69, 9.17) is 9.72 Å². The summed E-state index contributed by atoms with van der Waals surface area (Å²) in [6.45, 7) is 29.8. The van der Waals surface area contributed by atoms with E-state index in [0.29, 0.717) is 20.7 Å². The zero-order valence-electron chi connectivity index (χ0n) is 39.3. The van der Waals surface area contributed by atoms with Gasteiger partial charge in [0.2, 0.25) is 11.4 Å². The normalized spacial score (nSPS) is 18.2. The summed E-state index contributed by atoms with van der Waals surface area (Å²) in [5.41, 5.74) is 14.1. The molecule has 2 aliphatic rings. The summed E-state index contributed by atoms with van der Waals surface area (Å²) >= 11 is 0. The zero-order valence-corrected chi connectivity index (χ0v) is 41.6. The molecule has 4 heterocycles. The molecule has 0 aliphatic carbocycles. The van der Waals surface area contributed by atoms with E-state index < -0.39 is 0 Å². The number of pyridine rings is 1. The van der Waals surface area contributed by atoms with E-state index in [1.807, 2.05) is 6.20 Å². The van der Waals surface area contributed by atoms with Gasteiger partial charge < -0.3 is 9.30 Å². The van der Waals surface area contributed by atoms with Gasteiger partial charge >= 0.3 is 0 Å². The Morgan fingerprint density at radius 2 is 1.17 bits per heavy atom. The molecule has 328 valence electrons. The van der Waals surface area contributed by atoms with Crippen LogP contribution in [0.1, 0.15) is 105 Å². The average molecular weight is 1020 g/mol. The van der Waals surface area contributed by atoms with Crippen LogP contribution in [-0.4, -0.2) is 9.55 Å². The molecule has 2 aromatic heterocycles. The summed E-state index contributed by atoms with van der Waals surface area (Å²) in [5.74, 6) is 2.17. The Hall–Kier alpha value is -5.32. The molecule has 1 saturated heterocycles. The number of para-hydroxylation sites is 2. The molecule has 1 fully saturated rings. The van der Waals surface area contributed by atoms with E-state index in [1.165, 1.54) is 55.8 Å². The monoisotopic (exact) mass is 1020 g/mol. The maximum Gasteiger partial charge on any atom is 0.225 e. The minimum atomic E-state index is -0.160. The molecule has 0 amide bonds. The first kappa shape index (κ1) is 43.9. The van der Waals surface area contributed by atoms with E-state index in [1.54, 1.807) is 0 Å². The van der Waals surface area contributed by atoms with Crippen molar-refractivity contribution < 1.29 is 25.8 Å². The van der Waals surface area contributed by atoms with Gasteiger partial charge in [0.05, 0.1) is 5.69 Å². The van der Waals surface area contributed by atoms with Crippen molar-refractivity contribution in [2.24, 2.45) is 0 Å². The molecule has 2 atom stereocenters. The van der Waals surface area contributed by atoms with Gasteiger partial charge in [0.15, 0.2) is 12.4 Å². The first-order valence-electron chi connectivity index (χ1n) is 22.4. The van der Waals surface area contributed by atoms with Gasteiger partial charge in [0.1, 0.15) is 5.82 Å². The molecule has 0 N–H and O–H groups in total. The molecule has 6 aromatic carbocycles. The number of aromatic nitrogens is 2. The minimum absolute atomic E-state index is 0. The molecule has 8 aromatic rings. The van der Waals surface area contributed by atoms with Crippen molar-refractivity contribution in [3.05, 3.63) is 175 Å². The third kappa shape index (κ3) is 6.81. The Morgan fingerprint density at radius 1 is 0.531 bits per heavy atom.